The van der Waals surface area contributed by atoms with Crippen molar-refractivity contribution in [3.8, 4) is 23.0 Å². The molecule has 0 amide bonds. The Hall–Kier alpha value is -2.56. The molecule has 8 nitrogen and oxygen atoms in total. The quantitative estimate of drug-likeness (QED) is 0.319. The van der Waals surface area contributed by atoms with Gasteiger partial charge in [0.15, 0.2) is 17.5 Å². The van der Waals surface area contributed by atoms with Gasteiger partial charge in [0.2, 0.25) is 5.75 Å². The van der Waals surface area contributed by atoms with Crippen molar-refractivity contribution >= 4 is 35.6 Å². The van der Waals surface area contributed by atoms with Crippen LogP contribution in [-0.2, 0) is 6.54 Å². The Labute approximate surface area is 207 Å². The minimum Gasteiger partial charge on any atom is -0.497 e. The number of hydrogen-bond donors (Lipinski definition) is 1. The molecule has 0 unspecified atom stereocenters. The summed E-state index contributed by atoms with van der Waals surface area (Å²) in [6.07, 6.45) is 0. The van der Waals surface area contributed by atoms with Crippen molar-refractivity contribution in [3.63, 3.8) is 0 Å². The zero-order valence-electron chi connectivity index (χ0n) is 19.4. The maximum absolute atomic E-state index is 5.59. The van der Waals surface area contributed by atoms with Gasteiger partial charge >= 0.3 is 0 Å². The molecule has 2 aromatic rings. The van der Waals surface area contributed by atoms with Gasteiger partial charge in [-0.2, -0.15) is 0 Å². The topological polar surface area (TPSA) is 67.8 Å². The Morgan fingerprint density at radius 1 is 0.844 bits per heavy atom. The monoisotopic (exact) mass is 556 g/mol. The fraction of sp³-hybridized carbons (Fsp3) is 0.435. The first-order valence-electron chi connectivity index (χ1n) is 10.3. The van der Waals surface area contributed by atoms with Crippen LogP contribution in [0.5, 0.6) is 23.0 Å². The van der Waals surface area contributed by atoms with Gasteiger partial charge in [-0.1, -0.05) is 0 Å². The number of aliphatic imine (C=N–C) groups is 1. The zero-order chi connectivity index (χ0) is 22.2. The summed E-state index contributed by atoms with van der Waals surface area (Å²) in [6, 6.07) is 12.1. The van der Waals surface area contributed by atoms with E-state index < -0.39 is 0 Å². The van der Waals surface area contributed by atoms with Crippen molar-refractivity contribution in [2.45, 2.75) is 6.54 Å². The Balaban J connectivity index is 0.00000363. The van der Waals surface area contributed by atoms with Crippen molar-refractivity contribution in [1.82, 2.24) is 10.2 Å². The molecule has 0 saturated carbocycles. The van der Waals surface area contributed by atoms with Gasteiger partial charge in [0.1, 0.15) is 5.75 Å². The van der Waals surface area contributed by atoms with E-state index in [1.807, 2.05) is 31.3 Å². The molecule has 1 aliphatic heterocycles. The van der Waals surface area contributed by atoms with Crippen LogP contribution in [-0.4, -0.2) is 72.5 Å². The van der Waals surface area contributed by atoms with Gasteiger partial charge < -0.3 is 34.1 Å². The standard InChI is InChI=1S/C23H32N4O4.HI/c1-24-23(25-16-17-6-11-20(29-3)22(31-5)21(17)30-4)27-14-12-26(13-15-27)18-7-9-19(28-2)10-8-18;/h6-11H,12-16H2,1-5H3,(H,24,25);1H. The summed E-state index contributed by atoms with van der Waals surface area (Å²) in [5.74, 6) is 3.63. The summed E-state index contributed by atoms with van der Waals surface area (Å²) in [7, 11) is 8.35. The summed E-state index contributed by atoms with van der Waals surface area (Å²) >= 11 is 0. The predicted octanol–water partition coefficient (Wildman–Crippen LogP) is 3.24. The highest BCUT2D eigenvalue weighted by Gasteiger charge is 2.21. The van der Waals surface area contributed by atoms with Crippen LogP contribution < -0.4 is 29.2 Å². The molecular weight excluding hydrogens is 523 g/mol. The third-order valence-electron chi connectivity index (χ3n) is 5.45. The molecule has 0 spiro atoms. The normalized spacial score (nSPS) is 13.8. The highest BCUT2D eigenvalue weighted by Crippen LogP contribution is 2.39. The van der Waals surface area contributed by atoms with Gasteiger partial charge in [-0.05, 0) is 36.4 Å². The van der Waals surface area contributed by atoms with Crippen LogP contribution in [0.25, 0.3) is 0 Å². The Morgan fingerprint density at radius 3 is 2.03 bits per heavy atom. The molecule has 9 heteroatoms. The number of ether oxygens (including phenoxy) is 4. The van der Waals surface area contributed by atoms with Crippen LogP contribution >= 0.6 is 24.0 Å². The molecule has 32 heavy (non-hydrogen) atoms. The summed E-state index contributed by atoms with van der Waals surface area (Å²) in [6.45, 7) is 4.18. The highest BCUT2D eigenvalue weighted by atomic mass is 127. The molecule has 3 rings (SSSR count). The number of guanidine groups is 1. The molecule has 1 fully saturated rings. The average Bonchev–Trinajstić information content (AvgIpc) is 2.84. The largest absolute Gasteiger partial charge is 0.497 e. The number of benzene rings is 2. The highest BCUT2D eigenvalue weighted by molar-refractivity contribution is 14.0. The first-order valence-corrected chi connectivity index (χ1v) is 10.3. The number of piperazine rings is 1. The van der Waals surface area contributed by atoms with E-state index in [-0.39, 0.29) is 24.0 Å². The molecule has 0 aromatic heterocycles. The fourth-order valence-corrected chi connectivity index (χ4v) is 3.78. The van der Waals surface area contributed by atoms with Gasteiger partial charge in [0, 0.05) is 51.0 Å². The van der Waals surface area contributed by atoms with Gasteiger partial charge in [0.25, 0.3) is 0 Å². The molecule has 1 heterocycles. The average molecular weight is 556 g/mol. The molecule has 1 aliphatic rings. The predicted molar refractivity (Wildman–Crippen MR) is 138 cm³/mol. The first-order chi connectivity index (χ1) is 15.1. The van der Waals surface area contributed by atoms with Crippen molar-refractivity contribution in [2.24, 2.45) is 4.99 Å². The van der Waals surface area contributed by atoms with E-state index in [1.165, 1.54) is 5.69 Å². The lowest BCUT2D eigenvalue weighted by molar-refractivity contribution is 0.321. The molecule has 0 aliphatic carbocycles. The first kappa shape index (κ1) is 25.7. The second-order valence-electron chi connectivity index (χ2n) is 7.07. The maximum atomic E-state index is 5.59. The van der Waals surface area contributed by atoms with E-state index in [1.54, 1.807) is 28.4 Å². The van der Waals surface area contributed by atoms with E-state index in [9.17, 15) is 0 Å². The van der Waals surface area contributed by atoms with Crippen LogP contribution in [0.2, 0.25) is 0 Å². The summed E-state index contributed by atoms with van der Waals surface area (Å²) in [5.41, 5.74) is 2.18. The third kappa shape index (κ3) is 5.81. The van der Waals surface area contributed by atoms with Crippen LogP contribution in [0, 0.1) is 0 Å². The fourth-order valence-electron chi connectivity index (χ4n) is 3.78. The minimum atomic E-state index is 0. The van der Waals surface area contributed by atoms with Crippen LogP contribution in [0.15, 0.2) is 41.4 Å². The third-order valence-corrected chi connectivity index (χ3v) is 5.45. The van der Waals surface area contributed by atoms with E-state index in [0.29, 0.717) is 23.8 Å². The molecular formula is C23H33IN4O4. The number of nitrogens with one attached hydrogen (secondary N) is 1. The summed E-state index contributed by atoms with van der Waals surface area (Å²) < 4.78 is 21.7. The summed E-state index contributed by atoms with van der Waals surface area (Å²) in [5, 5.41) is 3.45. The van der Waals surface area contributed by atoms with Crippen molar-refractivity contribution in [3.05, 3.63) is 42.0 Å². The Morgan fingerprint density at radius 2 is 1.50 bits per heavy atom. The van der Waals surface area contributed by atoms with E-state index in [2.05, 4.69) is 32.2 Å². The van der Waals surface area contributed by atoms with Crippen LogP contribution in [0.1, 0.15) is 5.56 Å². The number of anilines is 1. The zero-order valence-corrected chi connectivity index (χ0v) is 21.7. The maximum Gasteiger partial charge on any atom is 0.203 e. The lowest BCUT2D eigenvalue weighted by Crippen LogP contribution is -2.52. The van der Waals surface area contributed by atoms with Crippen LogP contribution in [0.4, 0.5) is 5.69 Å². The second-order valence-corrected chi connectivity index (χ2v) is 7.07. The smallest absolute Gasteiger partial charge is 0.203 e. The van der Waals surface area contributed by atoms with E-state index >= 15 is 0 Å². The Kier molecular flexibility index (Phi) is 10.0. The Bertz CT molecular complexity index is 884. The van der Waals surface area contributed by atoms with Crippen LogP contribution in [0.3, 0.4) is 0 Å². The molecule has 2 aromatic carbocycles. The second kappa shape index (κ2) is 12.5. The van der Waals surface area contributed by atoms with Gasteiger partial charge in [-0.15, -0.1) is 24.0 Å². The van der Waals surface area contributed by atoms with Gasteiger partial charge in [-0.25, -0.2) is 0 Å². The molecule has 0 atom stereocenters. The molecule has 1 saturated heterocycles. The lowest BCUT2D eigenvalue weighted by atomic mass is 10.1. The minimum absolute atomic E-state index is 0. The molecule has 1 N–H and O–H groups in total. The van der Waals surface area contributed by atoms with Crippen molar-refractivity contribution < 1.29 is 18.9 Å². The number of nitrogens with zero attached hydrogens (tertiary/aromatic N) is 3. The van der Waals surface area contributed by atoms with Crippen molar-refractivity contribution in [1.29, 1.82) is 0 Å². The van der Waals surface area contributed by atoms with Gasteiger partial charge in [-0.3, -0.25) is 4.99 Å². The van der Waals surface area contributed by atoms with Crippen molar-refractivity contribution in [2.75, 3.05) is 66.6 Å². The number of halogens is 1. The SMILES string of the molecule is CN=C(NCc1ccc(OC)c(OC)c1OC)N1CCN(c2ccc(OC)cc2)CC1.I. The molecule has 176 valence electrons. The van der Waals surface area contributed by atoms with Gasteiger partial charge in [0.05, 0.1) is 28.4 Å². The number of hydrogen-bond acceptors (Lipinski definition) is 6. The molecule has 0 radical (unpaired) electrons. The number of methoxy groups -OCH3 is 4. The lowest BCUT2D eigenvalue weighted by Gasteiger charge is -2.37. The summed E-state index contributed by atoms with van der Waals surface area (Å²) in [4.78, 5) is 9.13. The molecule has 0 bridgehead atoms. The van der Waals surface area contributed by atoms with E-state index in [4.69, 9.17) is 18.9 Å². The number of rotatable bonds is 7. The van der Waals surface area contributed by atoms with E-state index in [0.717, 1.165) is 43.5 Å².